The number of aromatic nitrogens is 1. The van der Waals surface area contributed by atoms with Crippen LogP contribution in [0.5, 0.6) is 0 Å². The molecule has 0 aromatic carbocycles. The van der Waals surface area contributed by atoms with Crippen molar-refractivity contribution in [2.75, 3.05) is 6.54 Å². The number of rotatable bonds is 6. The van der Waals surface area contributed by atoms with E-state index in [1.807, 2.05) is 12.1 Å². The number of pyridine rings is 1. The maximum Gasteiger partial charge on any atom is 0.250 e. The monoisotopic (exact) mass is 298 g/mol. The van der Waals surface area contributed by atoms with Crippen LogP contribution in [0.15, 0.2) is 40.9 Å². The number of hydrogen-bond donors (Lipinski definition) is 2. The zero-order valence-electron chi connectivity index (χ0n) is 10.1. The van der Waals surface area contributed by atoms with E-state index in [-0.39, 0.29) is 10.8 Å². The largest absolute Gasteiger partial charge is 0.391 e. The summed E-state index contributed by atoms with van der Waals surface area (Å²) in [5.41, 5.74) is 0.979. The van der Waals surface area contributed by atoms with Gasteiger partial charge in [-0.05, 0) is 30.2 Å². The van der Waals surface area contributed by atoms with Gasteiger partial charge >= 0.3 is 0 Å². The molecular formula is C12H14N2O3S2. The van der Waals surface area contributed by atoms with Crippen LogP contribution in [0, 0.1) is 0 Å². The highest BCUT2D eigenvalue weighted by Crippen LogP contribution is 2.21. The Kier molecular flexibility index (Phi) is 4.65. The van der Waals surface area contributed by atoms with Crippen molar-refractivity contribution in [3.63, 3.8) is 0 Å². The molecule has 0 amide bonds. The molecule has 0 saturated carbocycles. The highest BCUT2D eigenvalue weighted by atomic mass is 32.2. The molecule has 0 atom stereocenters. The summed E-state index contributed by atoms with van der Waals surface area (Å²) in [4.78, 5) is 4.60. The van der Waals surface area contributed by atoms with Gasteiger partial charge in [0, 0.05) is 23.8 Å². The highest BCUT2D eigenvalue weighted by Gasteiger charge is 2.15. The Labute approximate surface area is 116 Å². The molecule has 0 aliphatic carbocycles. The Hall–Kier alpha value is -1.28. The first-order valence-electron chi connectivity index (χ1n) is 5.70. The molecule has 0 bridgehead atoms. The molecule has 0 aliphatic rings. The summed E-state index contributed by atoms with van der Waals surface area (Å²) < 4.78 is 26.7. The van der Waals surface area contributed by atoms with Crippen molar-refractivity contribution in [1.29, 1.82) is 0 Å². The van der Waals surface area contributed by atoms with Crippen LogP contribution in [-0.2, 0) is 23.1 Å². The SMILES string of the molecule is O=S(=O)(NCCc1cccnc1)c1ccc(CO)s1. The molecule has 0 fully saturated rings. The topological polar surface area (TPSA) is 79.3 Å². The van der Waals surface area contributed by atoms with Crippen molar-refractivity contribution in [2.45, 2.75) is 17.2 Å². The molecule has 19 heavy (non-hydrogen) atoms. The van der Waals surface area contributed by atoms with E-state index in [0.717, 1.165) is 16.9 Å². The predicted octanol–water partition coefficient (Wildman–Crippen LogP) is 1.16. The Morgan fingerprint density at radius 2 is 2.16 bits per heavy atom. The van der Waals surface area contributed by atoms with E-state index in [9.17, 15) is 8.42 Å². The van der Waals surface area contributed by atoms with Gasteiger partial charge in [-0.25, -0.2) is 13.1 Å². The third-order valence-electron chi connectivity index (χ3n) is 2.49. The first kappa shape index (κ1) is 14.1. The van der Waals surface area contributed by atoms with Crippen LogP contribution in [0.2, 0.25) is 0 Å². The van der Waals surface area contributed by atoms with E-state index in [4.69, 9.17) is 5.11 Å². The third-order valence-corrected chi connectivity index (χ3v) is 5.51. The minimum Gasteiger partial charge on any atom is -0.391 e. The van der Waals surface area contributed by atoms with Crippen molar-refractivity contribution in [2.24, 2.45) is 0 Å². The van der Waals surface area contributed by atoms with Crippen molar-refractivity contribution in [3.05, 3.63) is 47.1 Å². The molecule has 2 heterocycles. The number of sulfonamides is 1. The van der Waals surface area contributed by atoms with Gasteiger partial charge < -0.3 is 5.11 Å². The molecule has 0 spiro atoms. The predicted molar refractivity (Wildman–Crippen MR) is 73.4 cm³/mol. The van der Waals surface area contributed by atoms with Gasteiger partial charge in [-0.15, -0.1) is 11.3 Å². The van der Waals surface area contributed by atoms with Crippen LogP contribution >= 0.6 is 11.3 Å². The fourth-order valence-corrected chi connectivity index (χ4v) is 3.83. The lowest BCUT2D eigenvalue weighted by atomic mass is 10.2. The summed E-state index contributed by atoms with van der Waals surface area (Å²) in [6.45, 7) is 0.177. The number of thiophene rings is 1. The summed E-state index contributed by atoms with van der Waals surface area (Å²) >= 11 is 1.07. The van der Waals surface area contributed by atoms with Gasteiger partial charge in [-0.3, -0.25) is 4.98 Å². The Morgan fingerprint density at radius 1 is 1.32 bits per heavy atom. The maximum atomic E-state index is 12.0. The van der Waals surface area contributed by atoms with Gasteiger partial charge in [0.25, 0.3) is 0 Å². The molecule has 102 valence electrons. The summed E-state index contributed by atoms with van der Waals surface area (Å²) in [6, 6.07) is 6.83. The number of aliphatic hydroxyl groups excluding tert-OH is 1. The van der Waals surface area contributed by atoms with E-state index >= 15 is 0 Å². The Morgan fingerprint density at radius 3 is 2.79 bits per heavy atom. The van der Waals surface area contributed by atoms with Crippen molar-refractivity contribution in [3.8, 4) is 0 Å². The fraction of sp³-hybridized carbons (Fsp3) is 0.250. The number of nitrogens with one attached hydrogen (secondary N) is 1. The van der Waals surface area contributed by atoms with Gasteiger partial charge in [-0.2, -0.15) is 0 Å². The van der Waals surface area contributed by atoms with Gasteiger partial charge in [0.2, 0.25) is 10.0 Å². The quantitative estimate of drug-likeness (QED) is 0.838. The minimum atomic E-state index is -3.48. The van der Waals surface area contributed by atoms with Crippen molar-refractivity contribution >= 4 is 21.4 Å². The molecule has 2 aromatic rings. The fourth-order valence-electron chi connectivity index (χ4n) is 1.53. The molecule has 0 unspecified atom stereocenters. The third kappa shape index (κ3) is 3.84. The summed E-state index contributed by atoms with van der Waals surface area (Å²) in [5, 5.41) is 8.93. The Balaban J connectivity index is 1.94. The zero-order valence-corrected chi connectivity index (χ0v) is 11.7. The van der Waals surface area contributed by atoms with E-state index in [0.29, 0.717) is 17.8 Å². The van der Waals surface area contributed by atoms with Gasteiger partial charge in [0.1, 0.15) is 4.21 Å². The molecule has 2 rings (SSSR count). The molecule has 2 N–H and O–H groups in total. The average molecular weight is 298 g/mol. The number of hydrogen-bond acceptors (Lipinski definition) is 5. The van der Waals surface area contributed by atoms with E-state index in [1.165, 1.54) is 6.07 Å². The molecule has 2 aromatic heterocycles. The van der Waals surface area contributed by atoms with E-state index in [1.54, 1.807) is 18.5 Å². The molecule has 7 heteroatoms. The summed E-state index contributed by atoms with van der Waals surface area (Å²) in [5.74, 6) is 0. The highest BCUT2D eigenvalue weighted by molar-refractivity contribution is 7.91. The van der Waals surface area contributed by atoms with Crippen molar-refractivity contribution in [1.82, 2.24) is 9.71 Å². The molecule has 0 radical (unpaired) electrons. The second-order valence-corrected chi connectivity index (χ2v) is 7.05. The van der Waals surface area contributed by atoms with Crippen LogP contribution < -0.4 is 4.72 Å². The van der Waals surface area contributed by atoms with Crippen LogP contribution in [0.3, 0.4) is 0 Å². The standard InChI is InChI=1S/C12H14N2O3S2/c15-9-11-3-4-12(18-11)19(16,17)14-7-5-10-2-1-6-13-8-10/h1-4,6,8,14-15H,5,7,9H2. The maximum absolute atomic E-state index is 12.0. The van der Waals surface area contributed by atoms with Gasteiger partial charge in [-0.1, -0.05) is 6.07 Å². The Bertz CT molecular complexity index is 623. The summed E-state index contributed by atoms with van der Waals surface area (Å²) in [6.07, 6.45) is 3.98. The lowest BCUT2D eigenvalue weighted by molar-refractivity contribution is 0.285. The summed E-state index contributed by atoms with van der Waals surface area (Å²) in [7, 11) is -3.48. The van der Waals surface area contributed by atoms with Crippen LogP contribution in [0.1, 0.15) is 10.4 Å². The molecule has 0 saturated heterocycles. The average Bonchev–Trinajstić information content (AvgIpc) is 2.89. The second-order valence-electron chi connectivity index (χ2n) is 3.89. The lowest BCUT2D eigenvalue weighted by Gasteiger charge is -2.04. The van der Waals surface area contributed by atoms with E-state index < -0.39 is 10.0 Å². The first-order chi connectivity index (χ1) is 9.12. The number of aliphatic hydroxyl groups is 1. The normalized spacial score (nSPS) is 11.6. The molecule has 5 nitrogen and oxygen atoms in total. The molecular weight excluding hydrogens is 284 g/mol. The van der Waals surface area contributed by atoms with Crippen LogP contribution in [0.25, 0.3) is 0 Å². The van der Waals surface area contributed by atoms with Gasteiger partial charge in [0.15, 0.2) is 0 Å². The smallest absolute Gasteiger partial charge is 0.250 e. The minimum absolute atomic E-state index is 0.143. The van der Waals surface area contributed by atoms with Crippen LogP contribution in [0.4, 0.5) is 0 Å². The van der Waals surface area contributed by atoms with E-state index in [2.05, 4.69) is 9.71 Å². The second kappa shape index (κ2) is 6.25. The number of nitrogens with zero attached hydrogens (tertiary/aromatic N) is 1. The van der Waals surface area contributed by atoms with Crippen molar-refractivity contribution < 1.29 is 13.5 Å². The van der Waals surface area contributed by atoms with Gasteiger partial charge in [0.05, 0.1) is 6.61 Å². The zero-order chi connectivity index (χ0) is 13.7. The molecule has 0 aliphatic heterocycles. The van der Waals surface area contributed by atoms with Crippen LogP contribution in [-0.4, -0.2) is 25.1 Å². The lowest BCUT2D eigenvalue weighted by Crippen LogP contribution is -2.25. The first-order valence-corrected chi connectivity index (χ1v) is 8.00.